The number of rotatable bonds is 7. The Kier molecular flexibility index (Phi) is 5.88. The van der Waals surface area contributed by atoms with Crippen molar-refractivity contribution in [2.24, 2.45) is 0 Å². The van der Waals surface area contributed by atoms with Crippen LogP contribution in [0.15, 0.2) is 52.9 Å². The minimum absolute atomic E-state index is 0.0299. The summed E-state index contributed by atoms with van der Waals surface area (Å²) in [5.41, 5.74) is 0.666. The Morgan fingerprint density at radius 2 is 2.04 bits per heavy atom. The molecule has 6 nitrogen and oxygen atoms in total. The van der Waals surface area contributed by atoms with Gasteiger partial charge >= 0.3 is 0 Å². The Morgan fingerprint density at radius 1 is 1.22 bits per heavy atom. The highest BCUT2D eigenvalue weighted by Crippen LogP contribution is 2.32. The summed E-state index contributed by atoms with van der Waals surface area (Å²) in [5.74, 6) is 1.13. The highest BCUT2D eigenvalue weighted by Gasteiger charge is 2.28. The Bertz CT molecular complexity index is 1020. The maximum absolute atomic E-state index is 13.2. The van der Waals surface area contributed by atoms with E-state index in [2.05, 4.69) is 11.1 Å². The number of benzene rings is 2. The number of anilines is 1. The lowest BCUT2D eigenvalue weighted by Crippen LogP contribution is -2.30. The van der Waals surface area contributed by atoms with Gasteiger partial charge in [-0.1, -0.05) is 17.7 Å². The van der Waals surface area contributed by atoms with Crippen LogP contribution in [0.4, 0.5) is 5.13 Å². The van der Waals surface area contributed by atoms with Gasteiger partial charge in [0.25, 0.3) is 10.0 Å². The van der Waals surface area contributed by atoms with Crippen molar-refractivity contribution in [1.82, 2.24) is 4.98 Å². The Morgan fingerprint density at radius 3 is 2.67 bits per heavy atom. The van der Waals surface area contributed by atoms with Crippen molar-refractivity contribution in [2.75, 3.05) is 18.5 Å². The van der Waals surface area contributed by atoms with E-state index in [0.29, 0.717) is 22.2 Å². The van der Waals surface area contributed by atoms with Gasteiger partial charge in [-0.25, -0.2) is 17.7 Å². The van der Waals surface area contributed by atoms with E-state index in [9.17, 15) is 8.42 Å². The molecule has 3 rings (SSSR count). The maximum atomic E-state index is 13.2. The van der Waals surface area contributed by atoms with Gasteiger partial charge in [0.15, 0.2) is 5.13 Å². The van der Waals surface area contributed by atoms with Gasteiger partial charge in [0.05, 0.1) is 25.7 Å². The molecule has 0 saturated carbocycles. The molecule has 27 heavy (non-hydrogen) atoms. The van der Waals surface area contributed by atoms with Crippen molar-refractivity contribution in [3.8, 4) is 11.5 Å². The number of aromatic nitrogens is 1. The molecule has 0 amide bonds. The first-order valence-corrected chi connectivity index (χ1v) is 10.5. The molecule has 0 aliphatic heterocycles. The number of hydrogen-bond donors (Lipinski definition) is 0. The van der Waals surface area contributed by atoms with Crippen LogP contribution in [0.5, 0.6) is 11.5 Å². The standard InChI is InChI=1S/C18H16ClN2O4S2/c1-24-15-7-6-13(17(11-15)25-2)12-21(18-20-8-9-26-18)27(22,23)16-5-3-4-14(19)10-16/h3-9,11H,12H2,1-2H3. The van der Waals surface area contributed by atoms with Crippen LogP contribution >= 0.6 is 22.9 Å². The number of thiazole rings is 1. The van der Waals surface area contributed by atoms with Crippen molar-refractivity contribution < 1.29 is 17.9 Å². The molecule has 0 saturated heterocycles. The van der Waals surface area contributed by atoms with Crippen LogP contribution in [0.25, 0.3) is 0 Å². The number of sulfonamides is 1. The molecular weight excluding hydrogens is 408 g/mol. The highest BCUT2D eigenvalue weighted by molar-refractivity contribution is 7.93. The predicted octanol–water partition coefficient (Wildman–Crippen LogP) is 4.01. The van der Waals surface area contributed by atoms with E-state index >= 15 is 0 Å². The molecule has 0 atom stereocenters. The molecule has 0 N–H and O–H groups in total. The van der Waals surface area contributed by atoms with Crippen molar-refractivity contribution in [3.05, 3.63) is 64.6 Å². The first kappa shape index (κ1) is 19.5. The molecule has 3 aromatic rings. The largest absolute Gasteiger partial charge is 0.497 e. The summed E-state index contributed by atoms with van der Waals surface area (Å²) in [7, 11) is -0.860. The average molecular weight is 424 g/mol. The predicted molar refractivity (Wildman–Crippen MR) is 105 cm³/mol. The minimum atomic E-state index is -3.93. The van der Waals surface area contributed by atoms with E-state index < -0.39 is 10.0 Å². The van der Waals surface area contributed by atoms with Crippen LogP contribution in [-0.2, 0) is 16.6 Å². The van der Waals surface area contributed by atoms with Crippen LogP contribution < -0.4 is 13.8 Å². The van der Waals surface area contributed by atoms with Crippen molar-refractivity contribution in [2.45, 2.75) is 11.4 Å². The lowest BCUT2D eigenvalue weighted by molar-refractivity contribution is 0.391. The third-order valence-corrected chi connectivity index (χ3v) is 6.55. The molecule has 1 aromatic heterocycles. The summed E-state index contributed by atoms with van der Waals surface area (Å²) in [6.45, 7) is 0.0311. The molecule has 9 heteroatoms. The molecule has 1 heterocycles. The zero-order valence-electron chi connectivity index (χ0n) is 14.5. The van der Waals surface area contributed by atoms with Gasteiger partial charge in [0, 0.05) is 34.3 Å². The van der Waals surface area contributed by atoms with Gasteiger partial charge in [-0.2, -0.15) is 0 Å². The minimum Gasteiger partial charge on any atom is -0.497 e. The van der Waals surface area contributed by atoms with Crippen LogP contribution in [0.1, 0.15) is 5.56 Å². The fourth-order valence-corrected chi connectivity index (χ4v) is 4.91. The van der Waals surface area contributed by atoms with Crippen molar-refractivity contribution >= 4 is 38.1 Å². The van der Waals surface area contributed by atoms with E-state index in [1.807, 2.05) is 0 Å². The second-order valence-corrected chi connectivity index (χ2v) is 8.48. The van der Waals surface area contributed by atoms with Crippen molar-refractivity contribution in [3.63, 3.8) is 0 Å². The summed E-state index contributed by atoms with van der Waals surface area (Å²) < 4.78 is 38.3. The fourth-order valence-electron chi connectivity index (χ4n) is 2.42. The van der Waals surface area contributed by atoms with Gasteiger partial charge in [0.1, 0.15) is 11.5 Å². The topological polar surface area (TPSA) is 68.7 Å². The molecule has 141 valence electrons. The smallest absolute Gasteiger partial charge is 0.267 e. The van der Waals surface area contributed by atoms with Crippen LogP contribution in [-0.4, -0.2) is 27.6 Å². The third-order valence-electron chi connectivity index (χ3n) is 3.74. The number of ether oxygens (including phenoxy) is 2. The van der Waals surface area contributed by atoms with Gasteiger partial charge in [-0.05, 0) is 24.3 Å². The van der Waals surface area contributed by atoms with E-state index in [4.69, 9.17) is 21.1 Å². The monoisotopic (exact) mass is 423 g/mol. The summed E-state index contributed by atoms with van der Waals surface area (Å²) >= 11 is 7.16. The first-order chi connectivity index (χ1) is 13.0. The number of nitrogens with zero attached hydrogens (tertiary/aromatic N) is 2. The molecule has 0 fully saturated rings. The highest BCUT2D eigenvalue weighted by atomic mass is 35.5. The summed E-state index contributed by atoms with van der Waals surface area (Å²) in [6.07, 6.45) is 1.55. The molecule has 0 aliphatic carbocycles. The van der Waals surface area contributed by atoms with Gasteiger partial charge in [0.2, 0.25) is 0 Å². The molecule has 0 bridgehead atoms. The normalized spacial score (nSPS) is 11.2. The zero-order chi connectivity index (χ0) is 19.4. The maximum Gasteiger partial charge on any atom is 0.267 e. The Balaban J connectivity index is 2.06. The fraction of sp³-hybridized carbons (Fsp3) is 0.167. The van der Waals surface area contributed by atoms with Crippen molar-refractivity contribution in [1.29, 1.82) is 0 Å². The quantitative estimate of drug-likeness (QED) is 0.574. The Hall–Kier alpha value is -2.29. The molecule has 0 aliphatic rings. The molecule has 0 unspecified atom stereocenters. The lowest BCUT2D eigenvalue weighted by Gasteiger charge is -2.23. The van der Waals surface area contributed by atoms with E-state index in [1.54, 1.807) is 49.0 Å². The van der Waals surface area contributed by atoms with E-state index in [1.165, 1.54) is 28.8 Å². The average Bonchev–Trinajstić information content (AvgIpc) is 3.20. The number of halogens is 1. The Labute approximate surface area is 167 Å². The SMILES string of the molecule is COc1ccc(CN(c2nccs2)S(=O)(=O)c2[c]c(Cl)ccc2)c(OC)c1. The first-order valence-electron chi connectivity index (χ1n) is 7.76. The summed E-state index contributed by atoms with van der Waals surface area (Å²) in [5, 5.41) is 2.27. The van der Waals surface area contributed by atoms with Crippen LogP contribution in [0.3, 0.4) is 0 Å². The van der Waals surface area contributed by atoms with Gasteiger partial charge in [-0.15, -0.1) is 11.3 Å². The van der Waals surface area contributed by atoms with E-state index in [0.717, 1.165) is 0 Å². The second kappa shape index (κ2) is 8.16. The zero-order valence-corrected chi connectivity index (χ0v) is 16.9. The molecular formula is C18H16ClN2O4S2. The van der Waals surface area contributed by atoms with Gasteiger partial charge in [-0.3, -0.25) is 0 Å². The molecule has 0 spiro atoms. The molecule has 1 radical (unpaired) electrons. The summed E-state index contributed by atoms with van der Waals surface area (Å²) in [4.78, 5) is 4.14. The molecule has 2 aromatic carbocycles. The van der Waals surface area contributed by atoms with Crippen LogP contribution in [0, 0.1) is 6.07 Å². The van der Waals surface area contributed by atoms with E-state index in [-0.39, 0.29) is 16.5 Å². The van der Waals surface area contributed by atoms with Crippen LogP contribution in [0.2, 0.25) is 5.02 Å². The number of hydrogen-bond acceptors (Lipinski definition) is 6. The second-order valence-electron chi connectivity index (χ2n) is 5.37. The van der Waals surface area contributed by atoms with Gasteiger partial charge < -0.3 is 9.47 Å². The third kappa shape index (κ3) is 4.18. The lowest BCUT2D eigenvalue weighted by atomic mass is 10.2. The number of methoxy groups -OCH3 is 2. The summed E-state index contributed by atoms with van der Waals surface area (Å²) in [6, 6.07) is 12.5.